The summed E-state index contributed by atoms with van der Waals surface area (Å²) < 4.78 is 7.00. The number of aryl methyl sites for hydroxylation is 5. The summed E-state index contributed by atoms with van der Waals surface area (Å²) in [5.74, 6) is 1.27. The maximum absolute atomic E-state index is 10.7. The molecule has 0 bridgehead atoms. The van der Waals surface area contributed by atoms with Gasteiger partial charge < -0.3 is 14.4 Å². The third kappa shape index (κ3) is 8.76. The quantitative estimate of drug-likeness (QED) is 0.397. The van der Waals surface area contributed by atoms with E-state index in [4.69, 9.17) is 9.84 Å². The summed E-state index contributed by atoms with van der Waals surface area (Å²) in [5, 5.41) is 9.91. The van der Waals surface area contributed by atoms with E-state index in [9.17, 15) is 4.79 Å². The van der Waals surface area contributed by atoms with E-state index in [1.807, 2.05) is 36.6 Å². The van der Waals surface area contributed by atoms with Gasteiger partial charge in [0, 0.05) is 18.0 Å². The predicted octanol–water partition coefficient (Wildman–Crippen LogP) is 8.58. The third-order valence-corrected chi connectivity index (χ3v) is 6.99. The Kier molecular flexibility index (Phi) is 11.4. The zero-order chi connectivity index (χ0) is 26.0. The average molecular weight is 482 g/mol. The SMILES string of the molecule is CCCC1CCCCC1.COc1cc(C)c(C)cc1C.Cc1ccc2c(c1)cc(C)n2CC(=O)O.[HH]. The van der Waals surface area contributed by atoms with Gasteiger partial charge in [0.05, 0.1) is 7.11 Å². The Bertz CT molecular complexity index is 1090. The molecule has 4 rings (SSSR count). The minimum absolute atomic E-state index is 0. The van der Waals surface area contributed by atoms with Crippen molar-refractivity contribution in [1.82, 2.24) is 4.57 Å². The Morgan fingerprint density at radius 2 is 1.63 bits per heavy atom. The fraction of sp³-hybridized carbons (Fsp3) is 0.516. The highest BCUT2D eigenvalue weighted by Crippen LogP contribution is 2.27. The Hall–Kier alpha value is -2.75. The monoisotopic (exact) mass is 481 g/mol. The highest BCUT2D eigenvalue weighted by Gasteiger charge is 2.11. The van der Waals surface area contributed by atoms with Gasteiger partial charge in [0.15, 0.2) is 0 Å². The molecule has 1 aliphatic rings. The molecule has 4 nitrogen and oxygen atoms in total. The lowest BCUT2D eigenvalue weighted by Crippen LogP contribution is -2.09. The number of ether oxygens (including phenoxy) is 1. The molecule has 0 amide bonds. The molecule has 35 heavy (non-hydrogen) atoms. The minimum atomic E-state index is -0.809. The lowest BCUT2D eigenvalue weighted by Gasteiger charge is -2.20. The van der Waals surface area contributed by atoms with Crippen molar-refractivity contribution in [2.45, 2.75) is 93.0 Å². The number of fused-ring (bicyclic) bond motifs is 1. The topological polar surface area (TPSA) is 51.5 Å². The van der Waals surface area contributed by atoms with Gasteiger partial charge in [-0.3, -0.25) is 4.79 Å². The summed E-state index contributed by atoms with van der Waals surface area (Å²) in [6.45, 7) is 12.6. The zero-order valence-electron chi connectivity index (χ0n) is 22.9. The lowest BCUT2D eigenvalue weighted by atomic mass is 9.86. The van der Waals surface area contributed by atoms with Crippen LogP contribution in [-0.2, 0) is 11.3 Å². The van der Waals surface area contributed by atoms with Crippen molar-refractivity contribution < 1.29 is 16.1 Å². The van der Waals surface area contributed by atoms with Crippen LogP contribution in [0, 0.1) is 40.5 Å². The van der Waals surface area contributed by atoms with Gasteiger partial charge in [0.2, 0.25) is 0 Å². The summed E-state index contributed by atoms with van der Waals surface area (Å²) in [6.07, 6.45) is 10.4. The molecule has 0 spiro atoms. The Morgan fingerprint density at radius 1 is 0.971 bits per heavy atom. The van der Waals surface area contributed by atoms with Crippen LogP contribution in [0.2, 0.25) is 0 Å². The normalized spacial score (nSPS) is 13.5. The summed E-state index contributed by atoms with van der Waals surface area (Å²) in [5.41, 5.74) is 6.97. The molecule has 0 aliphatic heterocycles. The van der Waals surface area contributed by atoms with E-state index in [0.29, 0.717) is 0 Å². The molecular weight excluding hydrogens is 434 g/mol. The largest absolute Gasteiger partial charge is 0.496 e. The molecule has 0 radical (unpaired) electrons. The fourth-order valence-corrected chi connectivity index (χ4v) is 4.91. The van der Waals surface area contributed by atoms with Crippen molar-refractivity contribution in [2.24, 2.45) is 5.92 Å². The molecule has 0 unspecified atom stereocenters. The smallest absolute Gasteiger partial charge is 0.323 e. The van der Waals surface area contributed by atoms with Crippen molar-refractivity contribution in [3.05, 3.63) is 64.3 Å². The van der Waals surface area contributed by atoms with Crippen LogP contribution >= 0.6 is 0 Å². The number of carbonyl (C=O) groups is 1. The van der Waals surface area contributed by atoms with Crippen molar-refractivity contribution in [1.29, 1.82) is 0 Å². The number of carboxylic acids is 1. The number of hydrogen-bond acceptors (Lipinski definition) is 2. The molecule has 4 heteroatoms. The summed E-state index contributed by atoms with van der Waals surface area (Å²) in [4.78, 5) is 10.7. The van der Waals surface area contributed by atoms with E-state index in [1.165, 1.54) is 67.2 Å². The number of rotatable bonds is 5. The van der Waals surface area contributed by atoms with E-state index in [1.54, 1.807) is 7.11 Å². The van der Waals surface area contributed by atoms with Crippen LogP contribution < -0.4 is 4.74 Å². The van der Waals surface area contributed by atoms with Crippen LogP contribution in [0.1, 0.15) is 81.2 Å². The summed E-state index contributed by atoms with van der Waals surface area (Å²) in [7, 11) is 1.71. The first-order chi connectivity index (χ1) is 16.7. The fourth-order valence-electron chi connectivity index (χ4n) is 4.91. The van der Waals surface area contributed by atoms with E-state index >= 15 is 0 Å². The Balaban J connectivity index is 0.000000276. The number of methoxy groups -OCH3 is 1. The minimum Gasteiger partial charge on any atom is -0.496 e. The third-order valence-electron chi connectivity index (χ3n) is 6.99. The first-order valence-electron chi connectivity index (χ1n) is 13.1. The van der Waals surface area contributed by atoms with E-state index in [0.717, 1.165) is 28.3 Å². The summed E-state index contributed by atoms with van der Waals surface area (Å²) in [6, 6.07) is 12.3. The molecule has 1 heterocycles. The molecule has 2 aromatic carbocycles. The van der Waals surface area contributed by atoms with Crippen LogP contribution in [0.3, 0.4) is 0 Å². The highest BCUT2D eigenvalue weighted by molar-refractivity contribution is 5.83. The predicted molar refractivity (Wildman–Crippen MR) is 150 cm³/mol. The van der Waals surface area contributed by atoms with Crippen LogP contribution in [0.4, 0.5) is 0 Å². The van der Waals surface area contributed by atoms with Gasteiger partial charge in [-0.25, -0.2) is 0 Å². The number of aromatic nitrogens is 1. The van der Waals surface area contributed by atoms with Gasteiger partial charge in [-0.2, -0.15) is 0 Å². The van der Waals surface area contributed by atoms with Crippen LogP contribution in [0.15, 0.2) is 36.4 Å². The molecular formula is C31H47NO3. The maximum Gasteiger partial charge on any atom is 0.323 e. The molecule has 1 fully saturated rings. The number of carboxylic acid groups (broad SMARTS) is 1. The first-order valence-corrected chi connectivity index (χ1v) is 13.1. The van der Waals surface area contributed by atoms with E-state index < -0.39 is 5.97 Å². The number of hydrogen-bond donors (Lipinski definition) is 1. The second-order valence-corrected chi connectivity index (χ2v) is 10.0. The molecule has 1 aliphatic carbocycles. The molecule has 1 saturated carbocycles. The maximum atomic E-state index is 10.7. The van der Waals surface area contributed by atoms with Gasteiger partial charge >= 0.3 is 5.97 Å². The number of benzene rings is 2. The van der Waals surface area contributed by atoms with Gasteiger partial charge in [0.1, 0.15) is 12.3 Å². The molecule has 194 valence electrons. The Morgan fingerprint density at radius 3 is 2.23 bits per heavy atom. The van der Waals surface area contributed by atoms with Gasteiger partial charge in [0.25, 0.3) is 0 Å². The molecule has 0 saturated heterocycles. The van der Waals surface area contributed by atoms with Gasteiger partial charge in [-0.1, -0.05) is 69.6 Å². The lowest BCUT2D eigenvalue weighted by molar-refractivity contribution is -0.137. The van der Waals surface area contributed by atoms with E-state index in [2.05, 4.69) is 45.9 Å². The molecule has 0 atom stereocenters. The number of nitrogens with zero attached hydrogens (tertiary/aromatic N) is 1. The van der Waals surface area contributed by atoms with Crippen LogP contribution in [0.25, 0.3) is 10.9 Å². The Labute approximate surface area is 213 Å². The molecule has 1 aromatic heterocycles. The van der Waals surface area contributed by atoms with E-state index in [-0.39, 0.29) is 7.97 Å². The second kappa shape index (κ2) is 14.0. The number of aliphatic carboxylic acids is 1. The standard InChI is InChI=1S/C12H13NO2.C10H14O.C9H18.H2/c1-8-3-4-11-10(5-8)6-9(2)13(11)7-12(14)15;1-7-5-9(3)10(11-4)6-8(7)2;1-2-6-9-7-4-3-5-8-9;/h3-6H,7H2,1-2H3,(H,14,15);5-6H,1-4H3;9H,2-8H2,1H3;1H. The van der Waals surface area contributed by atoms with Crippen LogP contribution in [0.5, 0.6) is 5.75 Å². The van der Waals surface area contributed by atoms with Crippen LogP contribution in [-0.4, -0.2) is 22.8 Å². The van der Waals surface area contributed by atoms with Crippen molar-refractivity contribution in [3.8, 4) is 5.75 Å². The van der Waals surface area contributed by atoms with Gasteiger partial charge in [-0.05, 0) is 81.5 Å². The van der Waals surface area contributed by atoms with Crippen molar-refractivity contribution in [2.75, 3.05) is 7.11 Å². The average Bonchev–Trinajstić information content (AvgIpc) is 3.11. The van der Waals surface area contributed by atoms with Crippen molar-refractivity contribution >= 4 is 16.9 Å². The van der Waals surface area contributed by atoms with Crippen molar-refractivity contribution in [3.63, 3.8) is 0 Å². The second-order valence-electron chi connectivity index (χ2n) is 10.0. The first kappa shape index (κ1) is 28.5. The highest BCUT2D eigenvalue weighted by atomic mass is 16.5. The summed E-state index contributed by atoms with van der Waals surface area (Å²) >= 11 is 0. The molecule has 1 N–H and O–H groups in total. The van der Waals surface area contributed by atoms with Gasteiger partial charge in [-0.15, -0.1) is 0 Å². The molecule has 3 aromatic rings. The zero-order valence-corrected chi connectivity index (χ0v) is 22.9.